The monoisotopic (exact) mass is 487 g/mol. The maximum atomic E-state index is 13.1. The number of hydrogen-bond donors (Lipinski definition) is 3. The summed E-state index contributed by atoms with van der Waals surface area (Å²) in [5, 5.41) is 0.388. The van der Waals surface area contributed by atoms with Crippen LogP contribution in [0.1, 0.15) is 40.7 Å². The molecule has 2 aromatic rings. The zero-order chi connectivity index (χ0) is 25.3. The van der Waals surface area contributed by atoms with Crippen molar-refractivity contribution in [1.82, 2.24) is 14.8 Å². The summed E-state index contributed by atoms with van der Waals surface area (Å²) in [7, 11) is 3.53. The van der Waals surface area contributed by atoms with Gasteiger partial charge in [-0.15, -0.1) is 0 Å². The van der Waals surface area contributed by atoms with Crippen LogP contribution in [0.15, 0.2) is 29.3 Å². The third-order valence-electron chi connectivity index (χ3n) is 5.33. The van der Waals surface area contributed by atoms with Crippen molar-refractivity contribution in [3.63, 3.8) is 0 Å². The number of nitrogens with two attached hydrogens (primary N) is 3. The lowest BCUT2D eigenvalue weighted by atomic mass is 9.95. The minimum atomic E-state index is -0.0527. The Hall–Kier alpha value is -3.47. The third-order valence-corrected chi connectivity index (χ3v) is 6.24. The molecular weight excluding hydrogens is 454 g/mol. The second-order valence-electron chi connectivity index (χ2n) is 8.07. The van der Waals surface area contributed by atoms with Crippen molar-refractivity contribution in [3.8, 4) is 0 Å². The molecule has 1 aromatic heterocycles. The minimum absolute atomic E-state index is 0.0176. The van der Waals surface area contributed by atoms with Crippen LogP contribution in [0, 0.1) is 5.92 Å². The molecule has 0 radical (unpaired) electrons. The van der Waals surface area contributed by atoms with Crippen LogP contribution >= 0.6 is 11.3 Å². The molecule has 1 aromatic carbocycles. The van der Waals surface area contributed by atoms with E-state index in [4.69, 9.17) is 22.0 Å². The molecule has 6 N–H and O–H groups in total. The van der Waals surface area contributed by atoms with Gasteiger partial charge in [0.05, 0.1) is 11.4 Å². The number of carbonyl (C=O) groups is 3. The first-order valence-electron chi connectivity index (χ1n) is 11.0. The van der Waals surface area contributed by atoms with Crippen LogP contribution in [0.3, 0.4) is 0 Å². The van der Waals surface area contributed by atoms with E-state index in [1.807, 2.05) is 24.3 Å². The SMILES string of the molecule is CC=O.CN(C)C(=O)C1CCN(C(=O)c2sc(N)nc2CCc2ccc(N=C(N)N)cc2)CC1. The van der Waals surface area contributed by atoms with Crippen LogP contribution in [-0.2, 0) is 22.4 Å². The number of aldehydes is 1. The summed E-state index contributed by atoms with van der Waals surface area (Å²) in [6.07, 6.45) is 3.42. The Morgan fingerprint density at radius 1 is 1.18 bits per heavy atom. The summed E-state index contributed by atoms with van der Waals surface area (Å²) in [5.74, 6) is 0.0692. The second-order valence-corrected chi connectivity index (χ2v) is 9.10. The van der Waals surface area contributed by atoms with E-state index in [1.54, 1.807) is 23.9 Å². The molecule has 0 aliphatic carbocycles. The van der Waals surface area contributed by atoms with Crippen molar-refractivity contribution < 1.29 is 14.4 Å². The highest BCUT2D eigenvalue weighted by Crippen LogP contribution is 2.27. The number of aliphatic imine (C=N–C) groups is 1. The van der Waals surface area contributed by atoms with E-state index >= 15 is 0 Å². The van der Waals surface area contributed by atoms with E-state index < -0.39 is 0 Å². The highest BCUT2D eigenvalue weighted by molar-refractivity contribution is 7.17. The van der Waals surface area contributed by atoms with E-state index in [1.165, 1.54) is 18.3 Å². The number of carbonyl (C=O) groups excluding carboxylic acids is 3. The molecule has 0 atom stereocenters. The molecule has 0 bridgehead atoms. The number of rotatable bonds is 6. The number of piperidine rings is 1. The van der Waals surface area contributed by atoms with E-state index in [9.17, 15) is 9.59 Å². The molecule has 1 saturated heterocycles. The Labute approximate surface area is 203 Å². The van der Waals surface area contributed by atoms with Gasteiger partial charge in [-0.3, -0.25) is 9.59 Å². The van der Waals surface area contributed by atoms with Gasteiger partial charge in [-0.05, 0) is 50.3 Å². The van der Waals surface area contributed by atoms with Crippen LogP contribution in [-0.4, -0.2) is 66.0 Å². The molecule has 3 rings (SSSR count). The van der Waals surface area contributed by atoms with Gasteiger partial charge < -0.3 is 31.8 Å². The Balaban J connectivity index is 0.00000129. The Bertz CT molecular complexity index is 1010. The lowest BCUT2D eigenvalue weighted by molar-refractivity contribution is -0.134. The van der Waals surface area contributed by atoms with Gasteiger partial charge >= 0.3 is 0 Å². The van der Waals surface area contributed by atoms with E-state index in [0.717, 1.165) is 11.8 Å². The molecule has 0 spiro atoms. The van der Waals surface area contributed by atoms with Gasteiger partial charge in [-0.1, -0.05) is 23.5 Å². The van der Waals surface area contributed by atoms with Crippen molar-refractivity contribution in [2.24, 2.45) is 22.4 Å². The number of hydrogen-bond acceptors (Lipinski definition) is 7. The number of amides is 2. The number of nitrogens with zero attached hydrogens (tertiary/aromatic N) is 4. The topological polar surface area (TPSA) is 161 Å². The van der Waals surface area contributed by atoms with Crippen molar-refractivity contribution in [2.75, 3.05) is 32.9 Å². The quantitative estimate of drug-likeness (QED) is 0.316. The van der Waals surface area contributed by atoms with Gasteiger partial charge in [0.1, 0.15) is 11.2 Å². The van der Waals surface area contributed by atoms with E-state index in [0.29, 0.717) is 60.2 Å². The molecular formula is C23H33N7O3S. The summed E-state index contributed by atoms with van der Waals surface area (Å²) in [4.78, 5) is 46.5. The zero-order valence-electron chi connectivity index (χ0n) is 19.9. The molecule has 0 saturated carbocycles. The zero-order valence-corrected chi connectivity index (χ0v) is 20.7. The number of likely N-dealkylation sites (tertiary alicyclic amines) is 1. The lowest BCUT2D eigenvalue weighted by Crippen LogP contribution is -2.42. The van der Waals surface area contributed by atoms with Crippen LogP contribution < -0.4 is 17.2 Å². The van der Waals surface area contributed by atoms with Crippen molar-refractivity contribution in [2.45, 2.75) is 32.6 Å². The highest BCUT2D eigenvalue weighted by atomic mass is 32.1. The van der Waals surface area contributed by atoms with Crippen LogP contribution in [0.5, 0.6) is 0 Å². The molecule has 1 aliphatic rings. The maximum Gasteiger partial charge on any atom is 0.265 e. The van der Waals surface area contributed by atoms with E-state index in [2.05, 4.69) is 9.98 Å². The molecule has 10 nitrogen and oxygen atoms in total. The van der Waals surface area contributed by atoms with Crippen LogP contribution in [0.2, 0.25) is 0 Å². The predicted octanol–water partition coefficient (Wildman–Crippen LogP) is 1.56. The molecule has 1 aliphatic heterocycles. The molecule has 11 heteroatoms. The van der Waals surface area contributed by atoms with Gasteiger partial charge in [-0.2, -0.15) is 0 Å². The van der Waals surface area contributed by atoms with Crippen LogP contribution in [0.25, 0.3) is 0 Å². The van der Waals surface area contributed by atoms with Crippen LogP contribution in [0.4, 0.5) is 10.8 Å². The molecule has 2 amide bonds. The van der Waals surface area contributed by atoms with Crippen molar-refractivity contribution in [3.05, 3.63) is 40.4 Å². The normalized spacial score (nSPS) is 13.4. The third kappa shape index (κ3) is 7.55. The number of aryl methyl sites for hydroxylation is 2. The fourth-order valence-electron chi connectivity index (χ4n) is 3.69. The van der Waals surface area contributed by atoms with Gasteiger partial charge in [0.15, 0.2) is 11.1 Å². The lowest BCUT2D eigenvalue weighted by Gasteiger charge is -2.32. The first kappa shape index (κ1) is 26.8. The molecule has 184 valence electrons. The van der Waals surface area contributed by atoms with Gasteiger partial charge in [-0.25, -0.2) is 9.98 Å². The number of benzene rings is 1. The number of guanidine groups is 1. The number of anilines is 1. The first-order chi connectivity index (χ1) is 16.2. The number of nitrogen functional groups attached to an aromatic ring is 1. The summed E-state index contributed by atoms with van der Waals surface area (Å²) in [6.45, 7) is 2.57. The molecule has 2 heterocycles. The highest BCUT2D eigenvalue weighted by Gasteiger charge is 2.30. The largest absolute Gasteiger partial charge is 0.375 e. The van der Waals surface area contributed by atoms with E-state index in [-0.39, 0.29) is 23.7 Å². The fraction of sp³-hybridized carbons (Fsp3) is 0.435. The average molecular weight is 488 g/mol. The average Bonchev–Trinajstić information content (AvgIpc) is 3.18. The summed E-state index contributed by atoms with van der Waals surface area (Å²) >= 11 is 1.23. The van der Waals surface area contributed by atoms with Gasteiger partial charge in [0.25, 0.3) is 5.91 Å². The van der Waals surface area contributed by atoms with Gasteiger partial charge in [0.2, 0.25) is 5.91 Å². The second kappa shape index (κ2) is 12.7. The first-order valence-corrected chi connectivity index (χ1v) is 11.8. The summed E-state index contributed by atoms with van der Waals surface area (Å²) < 4.78 is 0. The number of thiazole rings is 1. The number of aromatic nitrogens is 1. The smallest absolute Gasteiger partial charge is 0.265 e. The maximum absolute atomic E-state index is 13.1. The van der Waals surface area contributed by atoms with Crippen molar-refractivity contribution >= 4 is 46.2 Å². The molecule has 0 unspecified atom stereocenters. The molecule has 34 heavy (non-hydrogen) atoms. The molecule has 1 fully saturated rings. The summed E-state index contributed by atoms with van der Waals surface area (Å²) in [5.41, 5.74) is 19.2. The Morgan fingerprint density at radius 2 is 1.76 bits per heavy atom. The van der Waals surface area contributed by atoms with Crippen molar-refractivity contribution in [1.29, 1.82) is 0 Å². The Kier molecular flexibility index (Phi) is 9.99. The minimum Gasteiger partial charge on any atom is -0.375 e. The Morgan fingerprint density at radius 3 is 2.29 bits per heavy atom. The predicted molar refractivity (Wildman–Crippen MR) is 135 cm³/mol. The fourth-order valence-corrected chi connectivity index (χ4v) is 4.54. The van der Waals surface area contributed by atoms with Gasteiger partial charge in [0, 0.05) is 33.1 Å². The summed E-state index contributed by atoms with van der Waals surface area (Å²) in [6, 6.07) is 7.59. The standard InChI is InChI=1S/C21H29N7O2S.C2H4O/c1-27(2)18(29)14-9-11-28(12-10-14)19(30)17-16(26-21(24)31-17)8-5-13-3-6-15(7-4-13)25-20(22)23;1-2-3/h3-4,6-7,14H,5,8-12H2,1-2H3,(H2,24,26)(H4,22,23,25);2H,1H3.